The molecule has 2 heterocycles. The Hall–Kier alpha value is -1.55. The van der Waals surface area contributed by atoms with E-state index < -0.39 is 0 Å². The molecule has 0 spiro atoms. The summed E-state index contributed by atoms with van der Waals surface area (Å²) in [7, 11) is 2.12. The van der Waals surface area contributed by atoms with Crippen molar-refractivity contribution < 1.29 is 4.74 Å². The van der Waals surface area contributed by atoms with E-state index >= 15 is 0 Å². The van der Waals surface area contributed by atoms with E-state index in [1.165, 1.54) is 5.57 Å². The minimum absolute atomic E-state index is 0.652. The van der Waals surface area contributed by atoms with Crippen LogP contribution in [0.1, 0.15) is 18.5 Å². The Morgan fingerprint density at radius 1 is 1.65 bits per heavy atom. The Bertz CT molecular complexity index is 409. The highest BCUT2D eigenvalue weighted by Gasteiger charge is 2.16. The van der Waals surface area contributed by atoms with Gasteiger partial charge in [-0.1, -0.05) is 12.2 Å². The van der Waals surface area contributed by atoms with Gasteiger partial charge in [0.1, 0.15) is 5.69 Å². The van der Waals surface area contributed by atoms with Crippen molar-refractivity contribution in [2.24, 2.45) is 0 Å². The van der Waals surface area contributed by atoms with Gasteiger partial charge in [-0.05, 0) is 25.5 Å². The Morgan fingerprint density at radius 3 is 3.29 bits per heavy atom. The number of aromatic nitrogens is 2. The first kappa shape index (κ1) is 11.9. The first-order valence-corrected chi connectivity index (χ1v) is 5.96. The Kier molecular flexibility index (Phi) is 3.98. The van der Waals surface area contributed by atoms with Gasteiger partial charge in [0, 0.05) is 13.1 Å². The standard InChI is InChI=1S/C13H19N3O/c1-3-4-8-17-12-9-14-15-13(12)11-6-5-7-16(2)10-11/h3,6,9H,1,4-5,7-8,10H2,2H3,(H,14,15). The molecule has 4 nitrogen and oxygen atoms in total. The molecule has 17 heavy (non-hydrogen) atoms. The Balaban J connectivity index is 2.07. The van der Waals surface area contributed by atoms with Crippen molar-refractivity contribution in [3.8, 4) is 5.75 Å². The summed E-state index contributed by atoms with van der Waals surface area (Å²) in [4.78, 5) is 2.29. The van der Waals surface area contributed by atoms with Crippen molar-refractivity contribution in [1.29, 1.82) is 0 Å². The molecule has 0 fully saturated rings. The average molecular weight is 233 g/mol. The van der Waals surface area contributed by atoms with E-state index in [0.29, 0.717) is 6.61 Å². The van der Waals surface area contributed by atoms with E-state index in [1.54, 1.807) is 0 Å². The quantitative estimate of drug-likeness (QED) is 0.625. The van der Waals surface area contributed by atoms with Crippen LogP contribution in [0.4, 0.5) is 0 Å². The summed E-state index contributed by atoms with van der Waals surface area (Å²) in [6.07, 6.45) is 7.84. The number of hydrogen-bond donors (Lipinski definition) is 1. The fourth-order valence-electron chi connectivity index (χ4n) is 1.94. The van der Waals surface area contributed by atoms with Crippen LogP contribution in [0.15, 0.2) is 24.9 Å². The molecular weight excluding hydrogens is 214 g/mol. The van der Waals surface area contributed by atoms with Gasteiger partial charge in [-0.15, -0.1) is 6.58 Å². The van der Waals surface area contributed by atoms with Crippen molar-refractivity contribution in [3.63, 3.8) is 0 Å². The molecule has 4 heteroatoms. The highest BCUT2D eigenvalue weighted by Crippen LogP contribution is 2.26. The maximum atomic E-state index is 5.68. The summed E-state index contributed by atoms with van der Waals surface area (Å²) in [5.41, 5.74) is 2.19. The summed E-state index contributed by atoms with van der Waals surface area (Å²) in [5.74, 6) is 0.841. The smallest absolute Gasteiger partial charge is 0.164 e. The van der Waals surface area contributed by atoms with Gasteiger partial charge in [0.05, 0.1) is 12.8 Å². The van der Waals surface area contributed by atoms with Crippen LogP contribution in [0, 0.1) is 0 Å². The van der Waals surface area contributed by atoms with Crippen molar-refractivity contribution >= 4 is 5.57 Å². The molecule has 2 rings (SSSR count). The van der Waals surface area contributed by atoms with Gasteiger partial charge in [0.15, 0.2) is 5.75 Å². The zero-order valence-corrected chi connectivity index (χ0v) is 10.3. The van der Waals surface area contributed by atoms with Crippen LogP contribution in [0.25, 0.3) is 5.57 Å². The van der Waals surface area contributed by atoms with Crippen molar-refractivity contribution in [2.45, 2.75) is 12.8 Å². The van der Waals surface area contributed by atoms with Gasteiger partial charge >= 0.3 is 0 Å². The molecule has 0 aromatic carbocycles. The van der Waals surface area contributed by atoms with Crippen molar-refractivity contribution in [1.82, 2.24) is 15.1 Å². The third kappa shape index (κ3) is 2.97. The topological polar surface area (TPSA) is 41.1 Å². The lowest BCUT2D eigenvalue weighted by molar-refractivity contribution is 0.323. The predicted molar refractivity (Wildman–Crippen MR) is 69.0 cm³/mol. The van der Waals surface area contributed by atoms with Crippen LogP contribution in [-0.4, -0.2) is 41.8 Å². The van der Waals surface area contributed by atoms with E-state index in [2.05, 4.69) is 34.8 Å². The predicted octanol–water partition coefficient (Wildman–Crippen LogP) is 2.08. The molecule has 0 bridgehead atoms. The number of rotatable bonds is 5. The summed E-state index contributed by atoms with van der Waals surface area (Å²) in [6.45, 7) is 6.38. The monoisotopic (exact) mass is 233 g/mol. The third-order valence-electron chi connectivity index (χ3n) is 2.83. The first-order chi connectivity index (χ1) is 8.31. The maximum Gasteiger partial charge on any atom is 0.164 e. The molecule has 0 saturated heterocycles. The number of hydrogen-bond acceptors (Lipinski definition) is 3. The molecule has 0 amide bonds. The van der Waals surface area contributed by atoms with Crippen LogP contribution in [0.2, 0.25) is 0 Å². The zero-order valence-electron chi connectivity index (χ0n) is 10.3. The van der Waals surface area contributed by atoms with Gasteiger partial charge in [0.2, 0.25) is 0 Å². The molecule has 0 aliphatic carbocycles. The molecule has 0 unspecified atom stereocenters. The number of ether oxygens (including phenoxy) is 1. The zero-order chi connectivity index (χ0) is 12.1. The molecule has 0 saturated carbocycles. The number of nitrogens with zero attached hydrogens (tertiary/aromatic N) is 2. The summed E-state index contributed by atoms with van der Waals surface area (Å²) in [6, 6.07) is 0. The average Bonchev–Trinajstić information content (AvgIpc) is 2.78. The molecule has 1 aromatic heterocycles. The Labute approximate surface area is 102 Å². The van der Waals surface area contributed by atoms with Crippen molar-refractivity contribution in [3.05, 3.63) is 30.6 Å². The molecule has 92 valence electrons. The minimum atomic E-state index is 0.652. The fourth-order valence-corrected chi connectivity index (χ4v) is 1.94. The van der Waals surface area contributed by atoms with E-state index in [4.69, 9.17) is 4.74 Å². The summed E-state index contributed by atoms with van der Waals surface area (Å²) < 4.78 is 5.68. The van der Waals surface area contributed by atoms with Gasteiger partial charge < -0.3 is 9.64 Å². The van der Waals surface area contributed by atoms with E-state index in [9.17, 15) is 0 Å². The molecule has 1 aliphatic rings. The number of likely N-dealkylation sites (N-methyl/N-ethyl adjacent to an activating group) is 1. The van der Waals surface area contributed by atoms with Gasteiger partial charge in [0.25, 0.3) is 0 Å². The molecule has 1 N–H and O–H groups in total. The molecular formula is C13H19N3O. The normalized spacial score (nSPS) is 16.6. The van der Waals surface area contributed by atoms with Crippen LogP contribution in [0.3, 0.4) is 0 Å². The van der Waals surface area contributed by atoms with Gasteiger partial charge in [-0.3, -0.25) is 5.10 Å². The largest absolute Gasteiger partial charge is 0.489 e. The number of aromatic amines is 1. The highest BCUT2D eigenvalue weighted by molar-refractivity contribution is 5.69. The van der Waals surface area contributed by atoms with E-state index in [0.717, 1.165) is 37.4 Å². The summed E-state index contributed by atoms with van der Waals surface area (Å²) in [5, 5.41) is 7.16. The molecule has 1 aromatic rings. The maximum absolute atomic E-state index is 5.68. The molecule has 0 radical (unpaired) electrons. The summed E-state index contributed by atoms with van der Waals surface area (Å²) >= 11 is 0. The first-order valence-electron chi connectivity index (χ1n) is 5.96. The van der Waals surface area contributed by atoms with E-state index in [1.807, 2.05) is 12.3 Å². The lowest BCUT2D eigenvalue weighted by Crippen LogP contribution is -2.25. The van der Waals surface area contributed by atoms with Crippen LogP contribution < -0.4 is 4.74 Å². The van der Waals surface area contributed by atoms with E-state index in [-0.39, 0.29) is 0 Å². The second-order valence-corrected chi connectivity index (χ2v) is 4.28. The minimum Gasteiger partial charge on any atom is -0.489 e. The lowest BCUT2D eigenvalue weighted by Gasteiger charge is -2.22. The SMILES string of the molecule is C=CCCOc1c[nH]nc1C1=CCCN(C)C1. The molecule has 0 atom stereocenters. The van der Waals surface area contributed by atoms with Crippen LogP contribution in [0.5, 0.6) is 5.75 Å². The third-order valence-corrected chi connectivity index (χ3v) is 2.83. The van der Waals surface area contributed by atoms with Gasteiger partial charge in [-0.2, -0.15) is 5.10 Å². The van der Waals surface area contributed by atoms with Crippen molar-refractivity contribution in [2.75, 3.05) is 26.7 Å². The molecule has 1 aliphatic heterocycles. The second kappa shape index (κ2) is 5.68. The lowest BCUT2D eigenvalue weighted by atomic mass is 10.1. The second-order valence-electron chi connectivity index (χ2n) is 4.28. The highest BCUT2D eigenvalue weighted by atomic mass is 16.5. The van der Waals surface area contributed by atoms with Crippen LogP contribution >= 0.6 is 0 Å². The van der Waals surface area contributed by atoms with Gasteiger partial charge in [-0.25, -0.2) is 0 Å². The number of nitrogens with one attached hydrogen (secondary N) is 1. The fraction of sp³-hybridized carbons (Fsp3) is 0.462. The Morgan fingerprint density at radius 2 is 2.53 bits per heavy atom. The number of H-pyrrole nitrogens is 1. The van der Waals surface area contributed by atoms with Crippen LogP contribution in [-0.2, 0) is 0 Å².